The van der Waals surface area contributed by atoms with Crippen LogP contribution in [0.3, 0.4) is 0 Å². The van der Waals surface area contributed by atoms with Gasteiger partial charge in [0.25, 0.3) is 0 Å². The number of imidazole rings is 1. The number of hydrogen-bond donors (Lipinski definition) is 1. The molecule has 0 amide bonds. The summed E-state index contributed by atoms with van der Waals surface area (Å²) in [5, 5.41) is 3.41. The second kappa shape index (κ2) is 8.48. The summed E-state index contributed by atoms with van der Waals surface area (Å²) in [6.07, 6.45) is 10.0. The molecule has 28 heavy (non-hydrogen) atoms. The molecule has 4 rings (SSSR count). The highest BCUT2D eigenvalue weighted by atomic mass is 15.0. The fourth-order valence-corrected chi connectivity index (χ4v) is 2.91. The Labute approximate surface area is 165 Å². The molecule has 136 valence electrons. The number of rotatable bonds is 7. The van der Waals surface area contributed by atoms with Crippen molar-refractivity contribution >= 4 is 19.1 Å². The van der Waals surface area contributed by atoms with Gasteiger partial charge in [0.15, 0.2) is 5.82 Å². The monoisotopic (exact) mass is 366 g/mol. The third-order valence-electron chi connectivity index (χ3n) is 4.31. The SMILES string of the molecule is [B]c1cccc(-c2cc(NCCCn3ccnc3)nc(-c3ccncc3)n2)c1. The van der Waals surface area contributed by atoms with E-state index < -0.39 is 0 Å². The highest BCUT2D eigenvalue weighted by Crippen LogP contribution is 2.23. The minimum Gasteiger partial charge on any atom is -0.370 e. The Hall–Kier alpha value is -3.48. The van der Waals surface area contributed by atoms with E-state index in [1.54, 1.807) is 18.6 Å². The number of aromatic nitrogens is 5. The molecule has 3 aromatic heterocycles. The van der Waals surface area contributed by atoms with Gasteiger partial charge < -0.3 is 9.88 Å². The predicted molar refractivity (Wildman–Crippen MR) is 111 cm³/mol. The van der Waals surface area contributed by atoms with Crippen LogP contribution in [0.25, 0.3) is 22.6 Å². The lowest BCUT2D eigenvalue weighted by molar-refractivity contribution is 0.660. The summed E-state index contributed by atoms with van der Waals surface area (Å²) in [7, 11) is 5.95. The molecule has 0 saturated carbocycles. The van der Waals surface area contributed by atoms with Gasteiger partial charge in [-0.25, -0.2) is 15.0 Å². The number of benzene rings is 1. The van der Waals surface area contributed by atoms with E-state index in [9.17, 15) is 0 Å². The molecule has 0 aliphatic rings. The largest absolute Gasteiger partial charge is 0.370 e. The average Bonchev–Trinajstić information content (AvgIpc) is 3.25. The maximum absolute atomic E-state index is 5.95. The zero-order chi connectivity index (χ0) is 19.2. The van der Waals surface area contributed by atoms with Gasteiger partial charge in [0.05, 0.1) is 12.0 Å². The number of nitrogens with one attached hydrogen (secondary N) is 1. The van der Waals surface area contributed by atoms with Crippen LogP contribution in [0, 0.1) is 0 Å². The molecule has 2 radical (unpaired) electrons. The Bertz CT molecular complexity index is 1030. The van der Waals surface area contributed by atoms with E-state index >= 15 is 0 Å². The highest BCUT2D eigenvalue weighted by Gasteiger charge is 2.09. The Morgan fingerprint density at radius 3 is 2.61 bits per heavy atom. The van der Waals surface area contributed by atoms with Crippen LogP contribution in [-0.4, -0.2) is 38.9 Å². The zero-order valence-corrected chi connectivity index (χ0v) is 15.4. The molecule has 0 unspecified atom stereocenters. The first kappa shape index (κ1) is 17.9. The van der Waals surface area contributed by atoms with Crippen LogP contribution in [0.1, 0.15) is 6.42 Å². The highest BCUT2D eigenvalue weighted by molar-refractivity contribution is 6.32. The first-order chi connectivity index (χ1) is 13.8. The number of aryl methyl sites for hydroxylation is 1. The topological polar surface area (TPSA) is 68.5 Å². The van der Waals surface area contributed by atoms with Crippen LogP contribution < -0.4 is 10.8 Å². The molecule has 0 spiro atoms. The summed E-state index contributed by atoms with van der Waals surface area (Å²) in [6, 6.07) is 13.5. The van der Waals surface area contributed by atoms with Crippen molar-refractivity contribution in [2.45, 2.75) is 13.0 Å². The van der Waals surface area contributed by atoms with Crippen LogP contribution in [0.4, 0.5) is 5.82 Å². The number of nitrogens with zero attached hydrogens (tertiary/aromatic N) is 5. The molecular weight excluding hydrogens is 347 g/mol. The number of anilines is 1. The molecular formula is C21H19BN6. The van der Waals surface area contributed by atoms with Crippen molar-refractivity contribution in [2.24, 2.45) is 0 Å². The lowest BCUT2D eigenvalue weighted by Crippen LogP contribution is -2.08. The van der Waals surface area contributed by atoms with E-state index in [4.69, 9.17) is 12.8 Å². The van der Waals surface area contributed by atoms with Gasteiger partial charge in [0.1, 0.15) is 13.7 Å². The maximum atomic E-state index is 5.95. The first-order valence-electron chi connectivity index (χ1n) is 9.13. The molecule has 7 heteroatoms. The quantitative estimate of drug-likeness (QED) is 0.402. The molecule has 0 bridgehead atoms. The van der Waals surface area contributed by atoms with Gasteiger partial charge in [-0.15, -0.1) is 0 Å². The molecule has 0 saturated heterocycles. The van der Waals surface area contributed by atoms with Crippen LogP contribution in [0.15, 0.2) is 73.6 Å². The molecule has 3 heterocycles. The van der Waals surface area contributed by atoms with E-state index in [1.807, 2.05) is 55.0 Å². The molecule has 1 N–H and O–H groups in total. The van der Waals surface area contributed by atoms with Crippen molar-refractivity contribution in [3.8, 4) is 22.6 Å². The Morgan fingerprint density at radius 1 is 0.929 bits per heavy atom. The van der Waals surface area contributed by atoms with E-state index in [0.29, 0.717) is 11.3 Å². The van der Waals surface area contributed by atoms with Gasteiger partial charge >= 0.3 is 0 Å². The van der Waals surface area contributed by atoms with Crippen LogP contribution in [0.2, 0.25) is 0 Å². The van der Waals surface area contributed by atoms with E-state index in [0.717, 1.165) is 42.1 Å². The van der Waals surface area contributed by atoms with E-state index in [1.165, 1.54) is 0 Å². The maximum Gasteiger partial charge on any atom is 0.162 e. The number of hydrogen-bond acceptors (Lipinski definition) is 5. The molecule has 1 aromatic carbocycles. The minimum atomic E-state index is 0.652. The van der Waals surface area contributed by atoms with Crippen molar-refractivity contribution in [1.82, 2.24) is 24.5 Å². The van der Waals surface area contributed by atoms with Gasteiger partial charge in [-0.1, -0.05) is 29.7 Å². The van der Waals surface area contributed by atoms with E-state index in [2.05, 4.69) is 24.8 Å². The summed E-state index contributed by atoms with van der Waals surface area (Å²) < 4.78 is 2.06. The summed E-state index contributed by atoms with van der Waals surface area (Å²) in [5.74, 6) is 1.43. The Morgan fingerprint density at radius 2 is 1.82 bits per heavy atom. The van der Waals surface area contributed by atoms with Crippen molar-refractivity contribution < 1.29 is 0 Å². The third-order valence-corrected chi connectivity index (χ3v) is 4.31. The van der Waals surface area contributed by atoms with Gasteiger partial charge in [0.2, 0.25) is 0 Å². The molecule has 0 aliphatic heterocycles. The predicted octanol–water partition coefficient (Wildman–Crippen LogP) is 2.70. The first-order valence-corrected chi connectivity index (χ1v) is 9.13. The van der Waals surface area contributed by atoms with Gasteiger partial charge in [-0.2, -0.15) is 0 Å². The minimum absolute atomic E-state index is 0.652. The van der Waals surface area contributed by atoms with Gasteiger partial charge in [0, 0.05) is 49.5 Å². The van der Waals surface area contributed by atoms with Crippen molar-refractivity contribution in [1.29, 1.82) is 0 Å². The lowest BCUT2D eigenvalue weighted by Gasteiger charge is -2.11. The van der Waals surface area contributed by atoms with Gasteiger partial charge in [-0.3, -0.25) is 4.98 Å². The van der Waals surface area contributed by atoms with Gasteiger partial charge in [-0.05, 0) is 24.1 Å². The molecule has 0 aliphatic carbocycles. The van der Waals surface area contributed by atoms with E-state index in [-0.39, 0.29) is 0 Å². The fourth-order valence-electron chi connectivity index (χ4n) is 2.91. The molecule has 0 fully saturated rings. The molecule has 6 nitrogen and oxygen atoms in total. The smallest absolute Gasteiger partial charge is 0.162 e. The van der Waals surface area contributed by atoms with Crippen LogP contribution in [-0.2, 0) is 6.54 Å². The average molecular weight is 366 g/mol. The standard InChI is InChI=1S/C21H19BN6/c22-18-4-1-3-17(13-18)19-14-20(25-7-2-11-28-12-10-24-15-28)27-21(26-19)16-5-8-23-9-6-16/h1,3-6,8-10,12-15H,2,7,11H2,(H,25,26,27). The van der Waals surface area contributed by atoms with Crippen molar-refractivity contribution in [3.63, 3.8) is 0 Å². The summed E-state index contributed by atoms with van der Waals surface area (Å²) in [5.41, 5.74) is 3.41. The molecule has 4 aromatic rings. The third kappa shape index (κ3) is 4.43. The Balaban J connectivity index is 1.58. The second-order valence-corrected chi connectivity index (χ2v) is 6.40. The lowest BCUT2D eigenvalue weighted by atomic mass is 9.93. The van der Waals surface area contributed by atoms with Crippen LogP contribution >= 0.6 is 0 Å². The normalized spacial score (nSPS) is 10.7. The Kier molecular flexibility index (Phi) is 5.42. The second-order valence-electron chi connectivity index (χ2n) is 6.40. The zero-order valence-electron chi connectivity index (χ0n) is 15.4. The summed E-state index contributed by atoms with van der Waals surface area (Å²) in [6.45, 7) is 1.69. The number of pyridine rings is 1. The molecule has 0 atom stereocenters. The summed E-state index contributed by atoms with van der Waals surface area (Å²) in [4.78, 5) is 17.6. The van der Waals surface area contributed by atoms with Crippen molar-refractivity contribution in [2.75, 3.05) is 11.9 Å². The van der Waals surface area contributed by atoms with Crippen molar-refractivity contribution in [3.05, 3.63) is 73.6 Å². The summed E-state index contributed by atoms with van der Waals surface area (Å²) >= 11 is 0. The van der Waals surface area contributed by atoms with Crippen LogP contribution in [0.5, 0.6) is 0 Å². The fraction of sp³-hybridized carbons (Fsp3) is 0.143.